The zero-order valence-electron chi connectivity index (χ0n) is 10.7. The van der Waals surface area contributed by atoms with Gasteiger partial charge in [-0.3, -0.25) is 15.0 Å². The third-order valence-corrected chi connectivity index (χ3v) is 3.39. The molecule has 1 saturated heterocycles. The van der Waals surface area contributed by atoms with Gasteiger partial charge in [0.2, 0.25) is 5.91 Å². The summed E-state index contributed by atoms with van der Waals surface area (Å²) in [6.07, 6.45) is 2.98. The molecule has 0 atom stereocenters. The normalized spacial score (nSPS) is 15.5. The number of aromatic nitrogens is 1. The van der Waals surface area contributed by atoms with E-state index in [4.69, 9.17) is 0 Å². The van der Waals surface area contributed by atoms with E-state index in [1.165, 1.54) is 4.90 Å². The van der Waals surface area contributed by atoms with Crippen molar-refractivity contribution in [2.24, 2.45) is 0 Å². The Morgan fingerprint density at radius 3 is 2.85 bits per heavy atom. The standard InChI is InChI=1S/C14H13N3O3/c18-8-7-16-5-3-10-9-11(1-2-12(10)16)17-6-4-13(19)15-14(17)20/h1-3,5,8-9H,4,6-7H2,(H,15,19,20). The molecule has 20 heavy (non-hydrogen) atoms. The zero-order valence-corrected chi connectivity index (χ0v) is 10.7. The monoisotopic (exact) mass is 271 g/mol. The predicted molar refractivity (Wildman–Crippen MR) is 73.5 cm³/mol. The van der Waals surface area contributed by atoms with Crippen LogP contribution in [0.3, 0.4) is 0 Å². The number of benzene rings is 1. The Morgan fingerprint density at radius 2 is 2.10 bits per heavy atom. The first-order valence-electron chi connectivity index (χ1n) is 6.33. The van der Waals surface area contributed by atoms with Gasteiger partial charge in [-0.1, -0.05) is 0 Å². The SMILES string of the molecule is O=CCn1ccc2cc(N3CCC(=O)NC3=O)ccc21. The molecule has 1 aliphatic heterocycles. The van der Waals surface area contributed by atoms with E-state index >= 15 is 0 Å². The van der Waals surface area contributed by atoms with Crippen LogP contribution in [0, 0.1) is 0 Å². The van der Waals surface area contributed by atoms with Gasteiger partial charge in [0.15, 0.2) is 0 Å². The Kier molecular flexibility index (Phi) is 2.98. The van der Waals surface area contributed by atoms with Crippen molar-refractivity contribution in [3.63, 3.8) is 0 Å². The summed E-state index contributed by atoms with van der Waals surface area (Å²) in [6, 6.07) is 7.08. The number of carbonyl (C=O) groups is 3. The van der Waals surface area contributed by atoms with Crippen molar-refractivity contribution in [3.05, 3.63) is 30.5 Å². The Morgan fingerprint density at radius 1 is 1.25 bits per heavy atom. The number of urea groups is 1. The Labute approximate surface area is 115 Å². The lowest BCUT2D eigenvalue weighted by Crippen LogP contribution is -2.49. The third kappa shape index (κ3) is 2.05. The second-order valence-electron chi connectivity index (χ2n) is 4.63. The average molecular weight is 271 g/mol. The second kappa shape index (κ2) is 4.80. The first-order chi connectivity index (χ1) is 9.69. The highest BCUT2D eigenvalue weighted by Gasteiger charge is 2.24. The fraction of sp³-hybridized carbons (Fsp3) is 0.214. The first kappa shape index (κ1) is 12.4. The van der Waals surface area contributed by atoms with Gasteiger partial charge in [-0.25, -0.2) is 4.79 Å². The molecule has 6 heteroatoms. The molecule has 0 saturated carbocycles. The van der Waals surface area contributed by atoms with Crippen molar-refractivity contribution < 1.29 is 14.4 Å². The molecule has 0 radical (unpaired) electrons. The molecular formula is C14H13N3O3. The molecule has 3 rings (SSSR count). The second-order valence-corrected chi connectivity index (χ2v) is 4.63. The van der Waals surface area contributed by atoms with E-state index in [0.29, 0.717) is 19.5 Å². The molecule has 102 valence electrons. The van der Waals surface area contributed by atoms with Crippen molar-refractivity contribution in [1.82, 2.24) is 9.88 Å². The summed E-state index contributed by atoms with van der Waals surface area (Å²) in [7, 11) is 0. The predicted octanol–water partition coefficient (Wildman–Crippen LogP) is 1.29. The molecule has 0 spiro atoms. The molecule has 2 aromatic rings. The maximum Gasteiger partial charge on any atom is 0.328 e. The summed E-state index contributed by atoms with van der Waals surface area (Å²) in [6.45, 7) is 0.687. The zero-order chi connectivity index (χ0) is 14.1. The smallest absolute Gasteiger partial charge is 0.328 e. The highest BCUT2D eigenvalue weighted by Crippen LogP contribution is 2.24. The summed E-state index contributed by atoms with van der Waals surface area (Å²) in [5.41, 5.74) is 1.68. The summed E-state index contributed by atoms with van der Waals surface area (Å²) in [5, 5.41) is 3.25. The Balaban J connectivity index is 1.95. The van der Waals surface area contributed by atoms with Crippen LogP contribution in [0.4, 0.5) is 10.5 Å². The number of amides is 3. The van der Waals surface area contributed by atoms with Gasteiger partial charge in [0.1, 0.15) is 6.29 Å². The summed E-state index contributed by atoms with van der Waals surface area (Å²) in [5.74, 6) is -0.246. The number of nitrogens with zero attached hydrogens (tertiary/aromatic N) is 2. The number of rotatable bonds is 3. The Bertz CT molecular complexity index is 705. The van der Waals surface area contributed by atoms with E-state index in [2.05, 4.69) is 5.32 Å². The first-order valence-corrected chi connectivity index (χ1v) is 6.33. The van der Waals surface area contributed by atoms with Crippen LogP contribution in [0.2, 0.25) is 0 Å². The molecule has 1 aliphatic rings. The fourth-order valence-electron chi connectivity index (χ4n) is 2.41. The molecule has 2 heterocycles. The van der Waals surface area contributed by atoms with Gasteiger partial charge in [-0.05, 0) is 24.3 Å². The summed E-state index contributed by atoms with van der Waals surface area (Å²) in [4.78, 5) is 35.1. The number of carbonyl (C=O) groups excluding carboxylic acids is 3. The maximum absolute atomic E-state index is 11.8. The van der Waals surface area contributed by atoms with Crippen LogP contribution < -0.4 is 10.2 Å². The number of hydrogen-bond acceptors (Lipinski definition) is 3. The lowest BCUT2D eigenvalue weighted by Gasteiger charge is -2.26. The van der Waals surface area contributed by atoms with Crippen LogP contribution in [-0.2, 0) is 16.1 Å². The number of anilines is 1. The van der Waals surface area contributed by atoms with E-state index in [0.717, 1.165) is 22.9 Å². The number of fused-ring (bicyclic) bond motifs is 1. The largest absolute Gasteiger partial charge is 0.340 e. The molecule has 1 aromatic heterocycles. The van der Waals surface area contributed by atoms with E-state index in [1.54, 1.807) is 0 Å². The summed E-state index contributed by atoms with van der Waals surface area (Å²) >= 11 is 0. The van der Waals surface area contributed by atoms with Gasteiger partial charge in [-0.2, -0.15) is 0 Å². The van der Waals surface area contributed by atoms with E-state index in [9.17, 15) is 14.4 Å². The fourth-order valence-corrected chi connectivity index (χ4v) is 2.41. The van der Waals surface area contributed by atoms with Gasteiger partial charge in [0.05, 0.1) is 6.54 Å². The van der Waals surface area contributed by atoms with Crippen LogP contribution in [0.1, 0.15) is 6.42 Å². The minimum atomic E-state index is -0.395. The van der Waals surface area contributed by atoms with Crippen LogP contribution in [0.5, 0.6) is 0 Å². The Hall–Kier alpha value is -2.63. The lowest BCUT2D eigenvalue weighted by atomic mass is 10.2. The van der Waals surface area contributed by atoms with E-state index in [1.807, 2.05) is 35.0 Å². The van der Waals surface area contributed by atoms with Crippen molar-refractivity contribution >= 4 is 34.8 Å². The van der Waals surface area contributed by atoms with Gasteiger partial charge < -0.3 is 9.36 Å². The highest BCUT2D eigenvalue weighted by atomic mass is 16.2. The number of aldehydes is 1. The van der Waals surface area contributed by atoms with E-state index in [-0.39, 0.29) is 5.91 Å². The minimum Gasteiger partial charge on any atom is -0.340 e. The minimum absolute atomic E-state index is 0.246. The van der Waals surface area contributed by atoms with Crippen LogP contribution in [0.15, 0.2) is 30.5 Å². The molecule has 1 fully saturated rings. The maximum atomic E-state index is 11.8. The topological polar surface area (TPSA) is 71.4 Å². The number of hydrogen-bond donors (Lipinski definition) is 1. The molecular weight excluding hydrogens is 258 g/mol. The van der Waals surface area contributed by atoms with Crippen molar-refractivity contribution in [2.75, 3.05) is 11.4 Å². The quantitative estimate of drug-likeness (QED) is 0.855. The molecule has 0 aliphatic carbocycles. The average Bonchev–Trinajstić information content (AvgIpc) is 2.82. The third-order valence-electron chi connectivity index (χ3n) is 3.39. The van der Waals surface area contributed by atoms with Gasteiger partial charge in [0, 0.05) is 35.8 Å². The molecule has 6 nitrogen and oxygen atoms in total. The van der Waals surface area contributed by atoms with Gasteiger partial charge in [0.25, 0.3) is 0 Å². The van der Waals surface area contributed by atoms with Crippen LogP contribution in [0.25, 0.3) is 10.9 Å². The summed E-state index contributed by atoms with van der Waals surface area (Å²) < 4.78 is 1.84. The van der Waals surface area contributed by atoms with Crippen molar-refractivity contribution in [1.29, 1.82) is 0 Å². The number of imide groups is 1. The van der Waals surface area contributed by atoms with Gasteiger partial charge in [-0.15, -0.1) is 0 Å². The molecule has 1 N–H and O–H groups in total. The molecule has 0 unspecified atom stereocenters. The van der Waals surface area contributed by atoms with Gasteiger partial charge >= 0.3 is 6.03 Å². The lowest BCUT2D eigenvalue weighted by molar-refractivity contribution is -0.120. The van der Waals surface area contributed by atoms with Crippen molar-refractivity contribution in [2.45, 2.75) is 13.0 Å². The highest BCUT2D eigenvalue weighted by molar-refractivity contribution is 6.06. The molecule has 1 aromatic carbocycles. The number of nitrogens with one attached hydrogen (secondary N) is 1. The van der Waals surface area contributed by atoms with Crippen molar-refractivity contribution in [3.8, 4) is 0 Å². The van der Waals surface area contributed by atoms with Crippen LogP contribution in [-0.4, -0.2) is 29.3 Å². The molecule has 0 bridgehead atoms. The molecule has 3 amide bonds. The van der Waals surface area contributed by atoms with Crippen LogP contribution >= 0.6 is 0 Å². The van der Waals surface area contributed by atoms with E-state index < -0.39 is 6.03 Å².